The molecule has 0 aliphatic heterocycles. The third-order valence-electron chi connectivity index (χ3n) is 22.0. The van der Waals surface area contributed by atoms with E-state index < -0.39 is 31.4 Å². The molecule has 8 heterocycles. The van der Waals surface area contributed by atoms with Crippen molar-refractivity contribution in [2.75, 3.05) is 0 Å². The summed E-state index contributed by atoms with van der Waals surface area (Å²) in [7, 11) is 10.0. The number of nitrogens with zero attached hydrogens (tertiary/aromatic N) is 5. The first kappa shape index (κ1) is 68.0. The minimum Gasteiger partial charge on any atom is -0.456 e. The van der Waals surface area contributed by atoms with E-state index in [-0.39, 0.29) is 0 Å². The molecule has 0 aliphatic carbocycles. The predicted octanol–water partition coefficient (Wildman–Crippen LogP) is 25.7. The number of para-hydroxylation sites is 3. The normalized spacial score (nSPS) is 13.8. The SMILES string of the molecule is CCc1cc[n+](C)c(-c2cc3oc4ccccc4c3cc2C)c1.Cc1cc[n+](C)c(-c2cc3oc4ccccc4c3cc2C)c1.[2H]C(C)(C)c1cc[n+](C)c(-c2cc3oc4ccccc4c3cc2C)c1.[2H]C([2H])([2H])C([2H])(C)c1cc[n+](C)c(-c2cc(-c3ccccc3)ccc2C)c1.[2H]C([2H])([2H])C([2H])(C)c1ccc(-c2cc(-c3ccccc3)ccc2C)[n+](C)c1. The fraction of sp³-hybridized carbons (Fsp3) is 0.206. The number of rotatable bonds is 11. The maximum Gasteiger partial charge on any atom is 0.212 e. The van der Waals surface area contributed by atoms with Gasteiger partial charge in [0.1, 0.15) is 68.7 Å². The summed E-state index contributed by atoms with van der Waals surface area (Å²) in [5, 5.41) is 7.04. The van der Waals surface area contributed by atoms with Crippen LogP contribution in [0.5, 0.6) is 0 Å². The second-order valence-electron chi connectivity index (χ2n) is 30.6. The molecule has 0 saturated heterocycles. The largest absolute Gasteiger partial charge is 0.456 e. The summed E-state index contributed by atoms with van der Waals surface area (Å²) in [6.07, 6.45) is 10.9. The molecule has 0 fully saturated rings. The molecular formula is C107H108N5O3+5. The van der Waals surface area contributed by atoms with Crippen LogP contribution in [0.25, 0.3) is 144 Å². The summed E-state index contributed by atoms with van der Waals surface area (Å²) in [5.74, 6) is -3.94. The molecule has 8 aromatic heterocycles. The van der Waals surface area contributed by atoms with Crippen LogP contribution in [0, 0.1) is 41.5 Å². The Bertz CT molecular complexity index is 7010. The van der Waals surface area contributed by atoms with Crippen LogP contribution < -0.4 is 22.8 Å². The zero-order valence-corrected chi connectivity index (χ0v) is 69.0. The Hall–Kier alpha value is -12.7. The molecule has 18 aromatic rings. The van der Waals surface area contributed by atoms with E-state index in [1.54, 1.807) is 18.3 Å². The van der Waals surface area contributed by atoms with Gasteiger partial charge < -0.3 is 13.3 Å². The Morgan fingerprint density at radius 3 is 1.07 bits per heavy atom. The van der Waals surface area contributed by atoms with E-state index in [9.17, 15) is 0 Å². The van der Waals surface area contributed by atoms with E-state index in [0.29, 0.717) is 11.1 Å². The van der Waals surface area contributed by atoms with Gasteiger partial charge in [-0.3, -0.25) is 0 Å². The van der Waals surface area contributed by atoms with Crippen molar-refractivity contribution in [3.05, 3.63) is 354 Å². The minimum absolute atomic E-state index is 0.477. The molecule has 0 spiro atoms. The summed E-state index contributed by atoms with van der Waals surface area (Å²) in [4.78, 5) is 0. The fourth-order valence-corrected chi connectivity index (χ4v) is 15.3. The minimum atomic E-state index is -2.40. The number of aromatic nitrogens is 5. The van der Waals surface area contributed by atoms with Gasteiger partial charge in [-0.2, -0.15) is 0 Å². The molecule has 0 radical (unpaired) electrons. The quantitative estimate of drug-likeness (QED) is 0.121. The van der Waals surface area contributed by atoms with Crippen LogP contribution in [-0.2, 0) is 41.7 Å². The van der Waals surface area contributed by atoms with Gasteiger partial charge in [-0.1, -0.05) is 188 Å². The van der Waals surface area contributed by atoms with Gasteiger partial charge in [-0.15, -0.1) is 0 Å². The van der Waals surface area contributed by atoms with Crippen LogP contribution >= 0.6 is 0 Å². The third kappa shape index (κ3) is 17.2. The lowest BCUT2D eigenvalue weighted by Gasteiger charge is -2.11. The van der Waals surface area contributed by atoms with E-state index in [1.165, 1.54) is 85.7 Å². The first-order chi connectivity index (χ1) is 58.9. The van der Waals surface area contributed by atoms with Crippen LogP contribution in [0.4, 0.5) is 0 Å². The summed E-state index contributed by atoms with van der Waals surface area (Å²) in [6, 6.07) is 90.9. The van der Waals surface area contributed by atoms with Crippen molar-refractivity contribution in [3.8, 4) is 78.5 Å². The molecule has 0 saturated carbocycles. The number of benzene rings is 10. The molecule has 2 unspecified atom stereocenters. The van der Waals surface area contributed by atoms with E-state index in [0.717, 1.165) is 123 Å². The topological polar surface area (TPSA) is 58.8 Å². The first-order valence-electron chi connectivity index (χ1n) is 43.9. The molecule has 115 heavy (non-hydrogen) atoms. The van der Waals surface area contributed by atoms with Crippen LogP contribution in [0.3, 0.4) is 0 Å². The molecule has 8 heteroatoms. The van der Waals surface area contributed by atoms with E-state index >= 15 is 0 Å². The highest BCUT2D eigenvalue weighted by Gasteiger charge is 2.23. The van der Waals surface area contributed by atoms with Crippen LogP contribution in [-0.4, -0.2) is 0 Å². The second-order valence-corrected chi connectivity index (χ2v) is 30.6. The summed E-state index contributed by atoms with van der Waals surface area (Å²) in [5.41, 5.74) is 31.8. The lowest BCUT2D eigenvalue weighted by molar-refractivity contribution is -0.661. The van der Waals surface area contributed by atoms with Gasteiger partial charge in [0.25, 0.3) is 0 Å². The van der Waals surface area contributed by atoms with Crippen LogP contribution in [0.15, 0.2) is 311 Å². The van der Waals surface area contributed by atoms with Crippen molar-refractivity contribution in [1.82, 2.24) is 0 Å². The van der Waals surface area contributed by atoms with Crippen molar-refractivity contribution < 1.29 is 48.4 Å². The second kappa shape index (κ2) is 34.4. The van der Waals surface area contributed by atoms with Gasteiger partial charge in [0, 0.05) is 116 Å². The Morgan fingerprint density at radius 2 is 0.652 bits per heavy atom. The molecule has 2 atom stereocenters. The standard InChI is InChI=1S/C22H22NO.2C22H24N.C21H20NO.C20H18NO/c1-14(2)16-9-10-23(4)20(12-16)18-13-22-19(11-15(18)3)17-7-5-6-8-21(17)24-22;1-16(2)19-12-13-23(4)22(15-19)21-14-20(11-10-17(21)3)18-8-6-5-7-9-18;1-16(2)20-12-13-22(23(4)15-20)21-14-19(11-10-17(21)3)18-8-6-5-7-9-18;1-4-15-9-10-22(3)19(12-15)17-13-21-18(11-14(17)2)16-7-5-6-8-20(16)23-21;1-13-8-9-21(3)18(10-13)16-12-20-17(11-14(16)2)15-6-4-5-7-19(15)22-20/h5-14H,1-4H3;2*5-16H,1-4H3;5-13H,4H2,1-3H3;4-12H,1-3H3/q5*+1/i14D;2*1D3,16D;;. The highest BCUT2D eigenvalue weighted by molar-refractivity contribution is 6.08. The molecular weight excluding hydrogens is 1400 g/mol. The molecule has 8 nitrogen and oxygen atoms in total. The fourth-order valence-electron chi connectivity index (χ4n) is 15.3. The van der Waals surface area contributed by atoms with E-state index in [4.69, 9.17) is 25.6 Å². The Labute approximate surface area is 691 Å². The van der Waals surface area contributed by atoms with E-state index in [2.05, 4.69) is 239 Å². The van der Waals surface area contributed by atoms with Gasteiger partial charge >= 0.3 is 0 Å². The molecule has 0 aliphatic rings. The van der Waals surface area contributed by atoms with Crippen molar-refractivity contribution in [2.45, 2.75) is 114 Å². The summed E-state index contributed by atoms with van der Waals surface area (Å²) < 4.78 is 99.7. The zero-order chi connectivity index (χ0) is 88.6. The predicted molar refractivity (Wildman–Crippen MR) is 478 cm³/mol. The average Bonchev–Trinajstić information content (AvgIpc) is 1.74. The lowest BCUT2D eigenvalue weighted by Crippen LogP contribution is -2.31. The highest BCUT2D eigenvalue weighted by atomic mass is 16.3. The van der Waals surface area contributed by atoms with E-state index in [1.807, 2.05) is 161 Å². The number of fused-ring (bicyclic) bond motifs is 9. The first-order valence-corrected chi connectivity index (χ1v) is 39.4. The number of furan rings is 3. The van der Waals surface area contributed by atoms with Crippen LogP contribution in [0.1, 0.15) is 134 Å². The van der Waals surface area contributed by atoms with Gasteiger partial charge in [0.15, 0.2) is 31.0 Å². The van der Waals surface area contributed by atoms with Crippen molar-refractivity contribution >= 4 is 65.8 Å². The van der Waals surface area contributed by atoms with Crippen molar-refractivity contribution in [3.63, 3.8) is 0 Å². The summed E-state index contributed by atoms with van der Waals surface area (Å²) in [6.45, 7) is 16.8. The Morgan fingerprint density at radius 1 is 0.287 bits per heavy atom. The Kier molecular flexibility index (Phi) is 20.3. The van der Waals surface area contributed by atoms with Crippen molar-refractivity contribution in [1.29, 1.82) is 0 Å². The average molecular weight is 1520 g/mol. The lowest BCUT2D eigenvalue weighted by atomic mass is 9.95. The van der Waals surface area contributed by atoms with Gasteiger partial charge in [0.05, 0.1) is 16.7 Å². The number of hydrogen-bond acceptors (Lipinski definition) is 3. The maximum absolute atomic E-state index is 8.41. The molecule has 0 amide bonds. The molecule has 18 rings (SSSR count). The monoisotopic (exact) mass is 1520 g/mol. The van der Waals surface area contributed by atoms with Gasteiger partial charge in [-0.25, -0.2) is 22.8 Å². The van der Waals surface area contributed by atoms with Gasteiger partial charge in [0.2, 0.25) is 28.5 Å². The molecule has 0 N–H and O–H groups in total. The van der Waals surface area contributed by atoms with Gasteiger partial charge in [-0.05, 0) is 211 Å². The number of pyridine rings is 5. The smallest absolute Gasteiger partial charge is 0.212 e. The zero-order valence-electron chi connectivity index (χ0n) is 78.0. The molecule has 574 valence electrons. The summed E-state index contributed by atoms with van der Waals surface area (Å²) >= 11 is 0. The number of hydrogen-bond donors (Lipinski definition) is 0. The number of aryl methyl sites for hydroxylation is 12. The Balaban J connectivity index is 0.000000126. The molecule has 10 aromatic carbocycles. The third-order valence-corrected chi connectivity index (χ3v) is 22.0. The highest BCUT2D eigenvalue weighted by Crippen LogP contribution is 2.39. The maximum atomic E-state index is 8.41. The van der Waals surface area contributed by atoms with Crippen molar-refractivity contribution in [2.24, 2.45) is 35.2 Å². The molecule has 0 bridgehead atoms. The van der Waals surface area contributed by atoms with Crippen LogP contribution in [0.2, 0.25) is 0 Å².